The minimum absolute atomic E-state index is 0.413. The smallest absolute Gasteiger partial charge is 0.0212 e. The topological polar surface area (TPSA) is 12.0 Å². The van der Waals surface area contributed by atoms with Gasteiger partial charge in [-0.3, -0.25) is 0 Å². The van der Waals surface area contributed by atoms with Crippen LogP contribution in [0.2, 0.25) is 0 Å². The number of nitrogens with one attached hydrogen (secondary N) is 1. The molecule has 0 aromatic rings. The maximum Gasteiger partial charge on any atom is 0.0212 e. The summed E-state index contributed by atoms with van der Waals surface area (Å²) >= 11 is 0. The Kier molecular flexibility index (Phi) is 5.74. The summed E-state index contributed by atoms with van der Waals surface area (Å²) in [4.78, 5) is 0. The lowest BCUT2D eigenvalue weighted by Gasteiger charge is -2.49. The molecule has 2 aliphatic carbocycles. The van der Waals surface area contributed by atoms with Crippen LogP contribution >= 0.6 is 0 Å². The molecule has 0 spiro atoms. The zero-order valence-corrected chi connectivity index (χ0v) is 13.5. The molecule has 0 aliphatic heterocycles. The van der Waals surface area contributed by atoms with Crippen LogP contribution in [0.1, 0.15) is 91.4 Å². The minimum atomic E-state index is 0.413. The highest BCUT2D eigenvalue weighted by molar-refractivity contribution is 4.99. The number of hydrogen-bond donors (Lipinski definition) is 1. The quantitative estimate of drug-likeness (QED) is 0.712. The summed E-state index contributed by atoms with van der Waals surface area (Å²) in [7, 11) is 0. The van der Waals surface area contributed by atoms with Gasteiger partial charge >= 0.3 is 0 Å². The van der Waals surface area contributed by atoms with Gasteiger partial charge in [0.1, 0.15) is 0 Å². The second kappa shape index (κ2) is 7.11. The minimum Gasteiger partial charge on any atom is -0.309 e. The molecule has 1 atom stereocenters. The second-order valence-corrected chi connectivity index (χ2v) is 7.41. The van der Waals surface area contributed by atoms with Crippen LogP contribution in [0.4, 0.5) is 0 Å². The molecule has 0 saturated heterocycles. The second-order valence-electron chi connectivity index (χ2n) is 7.41. The van der Waals surface area contributed by atoms with Crippen LogP contribution in [0, 0.1) is 11.8 Å². The van der Waals surface area contributed by atoms with Crippen molar-refractivity contribution in [3.63, 3.8) is 0 Å². The van der Waals surface area contributed by atoms with Gasteiger partial charge in [-0.2, -0.15) is 0 Å². The van der Waals surface area contributed by atoms with E-state index in [2.05, 4.69) is 26.1 Å². The molecule has 19 heavy (non-hydrogen) atoms. The summed E-state index contributed by atoms with van der Waals surface area (Å²) in [5.74, 6) is 1.86. The van der Waals surface area contributed by atoms with E-state index in [-0.39, 0.29) is 0 Å². The van der Waals surface area contributed by atoms with Crippen LogP contribution < -0.4 is 5.32 Å². The van der Waals surface area contributed by atoms with Crippen molar-refractivity contribution in [3.05, 3.63) is 0 Å². The molecule has 2 rings (SSSR count). The van der Waals surface area contributed by atoms with Gasteiger partial charge in [-0.1, -0.05) is 45.4 Å². The van der Waals surface area contributed by atoms with E-state index in [0.717, 1.165) is 11.8 Å². The van der Waals surface area contributed by atoms with E-state index in [0.29, 0.717) is 11.6 Å². The van der Waals surface area contributed by atoms with E-state index in [4.69, 9.17) is 0 Å². The van der Waals surface area contributed by atoms with Crippen molar-refractivity contribution >= 4 is 0 Å². The predicted molar refractivity (Wildman–Crippen MR) is 84.4 cm³/mol. The third-order valence-corrected chi connectivity index (χ3v) is 6.08. The van der Waals surface area contributed by atoms with E-state index in [1.807, 2.05) is 0 Å². The summed E-state index contributed by atoms with van der Waals surface area (Å²) in [6.07, 6.45) is 15.9. The van der Waals surface area contributed by atoms with Crippen LogP contribution in [0.25, 0.3) is 0 Å². The Morgan fingerprint density at radius 1 is 0.895 bits per heavy atom. The van der Waals surface area contributed by atoms with Crippen molar-refractivity contribution in [1.82, 2.24) is 5.32 Å². The molecule has 112 valence electrons. The fourth-order valence-electron chi connectivity index (χ4n) is 4.61. The van der Waals surface area contributed by atoms with Crippen molar-refractivity contribution < 1.29 is 0 Å². The van der Waals surface area contributed by atoms with Crippen molar-refractivity contribution in [2.45, 2.75) is 103 Å². The zero-order chi connectivity index (χ0) is 13.7. The Morgan fingerprint density at radius 3 is 1.68 bits per heavy atom. The maximum atomic E-state index is 4.08. The highest BCUT2D eigenvalue weighted by Gasteiger charge is 2.42. The molecule has 2 aliphatic rings. The van der Waals surface area contributed by atoms with Crippen molar-refractivity contribution in [3.8, 4) is 0 Å². The summed E-state index contributed by atoms with van der Waals surface area (Å²) in [6, 6.07) is 0.675. The molecule has 0 aromatic carbocycles. The van der Waals surface area contributed by atoms with E-state index in [1.54, 1.807) is 0 Å². The van der Waals surface area contributed by atoms with Crippen LogP contribution in [-0.2, 0) is 0 Å². The lowest BCUT2D eigenvalue weighted by molar-refractivity contribution is 0.0738. The van der Waals surface area contributed by atoms with Crippen LogP contribution in [0.5, 0.6) is 0 Å². The first-order valence-electron chi connectivity index (χ1n) is 8.94. The molecule has 1 unspecified atom stereocenters. The predicted octanol–water partition coefficient (Wildman–Crippen LogP) is 5.29. The first-order valence-corrected chi connectivity index (χ1v) is 8.94. The fourth-order valence-corrected chi connectivity index (χ4v) is 4.61. The van der Waals surface area contributed by atoms with Crippen molar-refractivity contribution in [1.29, 1.82) is 0 Å². The van der Waals surface area contributed by atoms with Gasteiger partial charge in [-0.15, -0.1) is 0 Å². The molecule has 0 radical (unpaired) electrons. The molecule has 2 saturated carbocycles. The third-order valence-electron chi connectivity index (χ3n) is 6.08. The molecular weight excluding hydrogens is 230 g/mol. The van der Waals surface area contributed by atoms with Gasteiger partial charge in [0.15, 0.2) is 0 Å². The molecule has 0 aromatic heterocycles. The van der Waals surface area contributed by atoms with Gasteiger partial charge in [0.05, 0.1) is 0 Å². The molecule has 0 heterocycles. The summed E-state index contributed by atoms with van der Waals surface area (Å²) in [6.45, 7) is 7.27. The van der Waals surface area contributed by atoms with E-state index in [9.17, 15) is 0 Å². The normalized spacial score (nSPS) is 25.4. The Bertz CT molecular complexity index is 230. The van der Waals surface area contributed by atoms with Crippen LogP contribution in [0.3, 0.4) is 0 Å². The molecule has 0 bridgehead atoms. The largest absolute Gasteiger partial charge is 0.309 e. The average molecular weight is 265 g/mol. The van der Waals surface area contributed by atoms with Crippen molar-refractivity contribution in [2.24, 2.45) is 11.8 Å². The van der Waals surface area contributed by atoms with Gasteiger partial charge in [0.25, 0.3) is 0 Å². The van der Waals surface area contributed by atoms with Gasteiger partial charge in [0.2, 0.25) is 0 Å². The van der Waals surface area contributed by atoms with Crippen LogP contribution in [0.15, 0.2) is 0 Å². The first kappa shape index (κ1) is 15.4. The van der Waals surface area contributed by atoms with Gasteiger partial charge in [-0.25, -0.2) is 0 Å². The van der Waals surface area contributed by atoms with E-state index >= 15 is 0 Å². The maximum absolute atomic E-state index is 4.08. The standard InChI is InChI=1S/C18H35N/c1-4-15(2)19-18(3,16-11-7-5-8-12-16)17-13-9-6-10-14-17/h15-17,19H,4-14H2,1-3H3. The Hall–Kier alpha value is -0.0400. The van der Waals surface area contributed by atoms with Gasteiger partial charge in [-0.05, 0) is 57.8 Å². The third kappa shape index (κ3) is 3.74. The van der Waals surface area contributed by atoms with Gasteiger partial charge < -0.3 is 5.32 Å². The summed E-state index contributed by atoms with van der Waals surface area (Å²) in [5, 5.41) is 4.08. The Labute approximate surface area is 120 Å². The molecular formula is C18H35N. The number of rotatable bonds is 5. The summed E-state index contributed by atoms with van der Waals surface area (Å²) < 4.78 is 0. The molecule has 1 heteroatoms. The molecule has 1 nitrogen and oxygen atoms in total. The van der Waals surface area contributed by atoms with Crippen LogP contribution in [-0.4, -0.2) is 11.6 Å². The lowest BCUT2D eigenvalue weighted by Crippen LogP contribution is -2.58. The summed E-state index contributed by atoms with van der Waals surface area (Å²) in [5.41, 5.74) is 0.413. The average Bonchev–Trinajstić information content (AvgIpc) is 2.48. The Morgan fingerprint density at radius 2 is 1.32 bits per heavy atom. The van der Waals surface area contributed by atoms with Gasteiger partial charge in [0, 0.05) is 11.6 Å². The SMILES string of the molecule is CCC(C)NC(C)(C1CCCCC1)C1CCCCC1. The molecule has 2 fully saturated rings. The molecule has 1 N–H and O–H groups in total. The monoisotopic (exact) mass is 265 g/mol. The first-order chi connectivity index (χ1) is 9.16. The zero-order valence-electron chi connectivity index (χ0n) is 13.5. The Balaban J connectivity index is 2.09. The van der Waals surface area contributed by atoms with Crippen molar-refractivity contribution in [2.75, 3.05) is 0 Å². The number of hydrogen-bond acceptors (Lipinski definition) is 1. The molecule has 0 amide bonds. The lowest BCUT2D eigenvalue weighted by atomic mass is 9.65. The highest BCUT2D eigenvalue weighted by Crippen LogP contribution is 2.43. The van der Waals surface area contributed by atoms with E-state index < -0.39 is 0 Å². The fraction of sp³-hybridized carbons (Fsp3) is 1.00. The highest BCUT2D eigenvalue weighted by atomic mass is 15.0. The van der Waals surface area contributed by atoms with E-state index in [1.165, 1.54) is 70.6 Å².